The van der Waals surface area contributed by atoms with Crippen LogP contribution in [0.25, 0.3) is 10.9 Å². The van der Waals surface area contributed by atoms with Crippen LogP contribution in [0.5, 0.6) is 0 Å². The van der Waals surface area contributed by atoms with Gasteiger partial charge in [0.2, 0.25) is 0 Å². The summed E-state index contributed by atoms with van der Waals surface area (Å²) < 4.78 is 39.3. The van der Waals surface area contributed by atoms with Gasteiger partial charge in [-0.1, -0.05) is 19.1 Å². The third-order valence-corrected chi connectivity index (χ3v) is 3.73. The average molecular weight is 351 g/mol. The summed E-state index contributed by atoms with van der Waals surface area (Å²) in [5.41, 5.74) is 0.893. The smallest absolute Gasteiger partial charge is 0.338 e. The van der Waals surface area contributed by atoms with E-state index in [1.54, 1.807) is 13.0 Å². The Balaban J connectivity index is 1.86. The molecule has 1 aromatic carbocycles. The Morgan fingerprint density at radius 1 is 1.20 bits per heavy atom. The number of nitrogens with zero attached hydrogens (tertiary/aromatic N) is 1. The predicted molar refractivity (Wildman–Crippen MR) is 88.9 cm³/mol. The molecule has 25 heavy (non-hydrogen) atoms. The molecule has 0 aliphatic rings. The summed E-state index contributed by atoms with van der Waals surface area (Å²) in [6.07, 6.45) is -2.88. The van der Waals surface area contributed by atoms with Crippen molar-refractivity contribution in [1.29, 1.82) is 0 Å². The second kappa shape index (κ2) is 6.60. The number of pyridine rings is 1. The number of aromatic nitrogens is 3. The van der Waals surface area contributed by atoms with Crippen molar-refractivity contribution >= 4 is 22.4 Å². The zero-order chi connectivity index (χ0) is 18.0. The summed E-state index contributed by atoms with van der Waals surface area (Å²) >= 11 is 0. The number of rotatable bonds is 5. The number of alkyl halides is 3. The van der Waals surface area contributed by atoms with Crippen molar-refractivity contribution in [3.8, 4) is 0 Å². The van der Waals surface area contributed by atoms with E-state index in [2.05, 4.69) is 25.8 Å². The molecule has 3 aromatic rings. The Labute approximate surface area is 140 Å². The topological polar surface area (TPSA) is 85.6 Å². The second-order valence-corrected chi connectivity index (χ2v) is 5.45. The highest BCUT2D eigenvalue weighted by Crippen LogP contribution is 2.33. The van der Waals surface area contributed by atoms with Crippen molar-refractivity contribution in [1.82, 2.24) is 20.5 Å². The van der Waals surface area contributed by atoms with Crippen LogP contribution in [-0.2, 0) is 0 Å². The minimum Gasteiger partial charge on any atom is -0.338 e. The van der Waals surface area contributed by atoms with Gasteiger partial charge in [-0.05, 0) is 30.3 Å². The first kappa shape index (κ1) is 17.0. The highest BCUT2D eigenvalue weighted by molar-refractivity contribution is 5.90. The van der Waals surface area contributed by atoms with Crippen LogP contribution in [0.2, 0.25) is 0 Å². The Kier molecular flexibility index (Phi) is 4.49. The summed E-state index contributed by atoms with van der Waals surface area (Å²) in [6, 6.07) is 5.76. The molecule has 9 heteroatoms. The molecule has 1 unspecified atom stereocenters. The second-order valence-electron chi connectivity index (χ2n) is 5.45. The first-order valence-corrected chi connectivity index (χ1v) is 7.63. The molecule has 0 aliphatic carbocycles. The minimum atomic E-state index is -4.38. The molecule has 0 saturated carbocycles. The lowest BCUT2D eigenvalue weighted by Gasteiger charge is -2.21. The van der Waals surface area contributed by atoms with E-state index >= 15 is 0 Å². The summed E-state index contributed by atoms with van der Waals surface area (Å²) in [6.45, 7) is 1.82. The molecule has 2 heterocycles. The average Bonchev–Trinajstić information content (AvgIpc) is 2.97. The van der Waals surface area contributed by atoms with Gasteiger partial charge in [0.05, 0.1) is 5.52 Å². The maximum absolute atomic E-state index is 13.1. The Hall–Kier alpha value is -2.81. The maximum Gasteiger partial charge on any atom is 0.407 e. The van der Waals surface area contributed by atoms with Crippen LogP contribution in [0.4, 0.5) is 24.7 Å². The minimum absolute atomic E-state index is 0.115. The van der Waals surface area contributed by atoms with Gasteiger partial charge < -0.3 is 15.6 Å². The van der Waals surface area contributed by atoms with Crippen LogP contribution in [0, 0.1) is 0 Å². The van der Waals surface area contributed by atoms with Gasteiger partial charge in [0.15, 0.2) is 5.82 Å². The molecule has 132 valence electrons. The molecule has 0 bridgehead atoms. The quantitative estimate of drug-likeness (QED) is 0.569. The summed E-state index contributed by atoms with van der Waals surface area (Å²) in [7, 11) is 0. The van der Waals surface area contributed by atoms with E-state index in [1.165, 1.54) is 30.5 Å². The number of aromatic amines is 2. The lowest BCUT2D eigenvalue weighted by molar-refractivity contribution is -0.157. The molecule has 1 atom stereocenters. The Morgan fingerprint density at radius 2 is 1.92 bits per heavy atom. The fourth-order valence-corrected chi connectivity index (χ4v) is 2.59. The number of benzene rings is 1. The molecule has 0 saturated heterocycles. The van der Waals surface area contributed by atoms with Crippen molar-refractivity contribution in [2.24, 2.45) is 0 Å². The largest absolute Gasteiger partial charge is 0.407 e. The van der Waals surface area contributed by atoms with E-state index in [0.29, 0.717) is 22.4 Å². The van der Waals surface area contributed by atoms with Gasteiger partial charge in [-0.15, -0.1) is 0 Å². The summed E-state index contributed by atoms with van der Waals surface area (Å²) in [5.74, 6) is 0.309. The highest BCUT2D eigenvalue weighted by atomic mass is 19.4. The molecule has 3 rings (SSSR count). The van der Waals surface area contributed by atoms with Gasteiger partial charge in [0.1, 0.15) is 11.4 Å². The lowest BCUT2D eigenvalue weighted by Crippen LogP contribution is -2.33. The molecule has 0 radical (unpaired) electrons. The van der Waals surface area contributed by atoms with Crippen LogP contribution in [-0.4, -0.2) is 27.9 Å². The molecule has 0 spiro atoms. The van der Waals surface area contributed by atoms with Gasteiger partial charge >= 0.3 is 6.18 Å². The third-order valence-electron chi connectivity index (χ3n) is 3.73. The van der Waals surface area contributed by atoms with E-state index < -0.39 is 12.2 Å². The number of nitrogens with one attached hydrogen (secondary N) is 4. The van der Waals surface area contributed by atoms with Crippen LogP contribution < -0.4 is 16.2 Å². The number of hydrogen-bond acceptors (Lipinski definition) is 4. The van der Waals surface area contributed by atoms with Crippen LogP contribution >= 0.6 is 0 Å². The normalized spacial score (nSPS) is 13.1. The van der Waals surface area contributed by atoms with E-state index in [9.17, 15) is 18.0 Å². The molecule has 0 aliphatic heterocycles. The Morgan fingerprint density at radius 3 is 2.56 bits per heavy atom. The van der Waals surface area contributed by atoms with Crippen molar-refractivity contribution in [3.05, 3.63) is 52.4 Å². The first-order valence-electron chi connectivity index (χ1n) is 7.63. The molecule has 4 N–H and O–H groups in total. The third kappa shape index (κ3) is 3.50. The lowest BCUT2D eigenvalue weighted by atomic mass is 10.1. The van der Waals surface area contributed by atoms with Gasteiger partial charge in [0.25, 0.3) is 5.56 Å². The zero-order valence-corrected chi connectivity index (χ0v) is 13.2. The molecular formula is C16H16F3N5O. The number of H-pyrrole nitrogens is 2. The monoisotopic (exact) mass is 351 g/mol. The van der Waals surface area contributed by atoms with Crippen molar-refractivity contribution in [2.75, 3.05) is 11.9 Å². The van der Waals surface area contributed by atoms with Crippen molar-refractivity contribution in [2.45, 2.75) is 19.1 Å². The van der Waals surface area contributed by atoms with E-state index in [1.807, 2.05) is 0 Å². The number of anilines is 2. The van der Waals surface area contributed by atoms with E-state index in [-0.39, 0.29) is 17.7 Å². The molecule has 2 aromatic heterocycles. The number of fused-ring (bicyclic) bond motifs is 1. The SMILES string of the molecule is CCNC(c1ccc(Nc2n[nH]c3cc[nH]c(=O)c23)cc1)C(F)(F)F. The fraction of sp³-hybridized carbons (Fsp3) is 0.250. The van der Waals surface area contributed by atoms with Crippen molar-refractivity contribution < 1.29 is 13.2 Å². The molecule has 0 amide bonds. The van der Waals surface area contributed by atoms with Crippen LogP contribution in [0.15, 0.2) is 41.3 Å². The Bertz CT molecular complexity index is 914. The van der Waals surface area contributed by atoms with E-state index in [4.69, 9.17) is 0 Å². The standard InChI is InChI=1S/C16H16F3N5O/c1-2-20-13(16(17,18)19)9-3-5-10(6-4-9)22-14-12-11(23-24-14)7-8-21-15(12)25/h3-8,13,20H,2H2,1H3,(H,21,25)(H2,22,23,24). The number of halogens is 3. The van der Waals surface area contributed by atoms with E-state index in [0.717, 1.165) is 0 Å². The predicted octanol–water partition coefficient (Wildman–Crippen LogP) is 3.21. The molecular weight excluding hydrogens is 335 g/mol. The maximum atomic E-state index is 13.1. The van der Waals surface area contributed by atoms with Gasteiger partial charge in [0, 0.05) is 11.9 Å². The van der Waals surface area contributed by atoms with Gasteiger partial charge in [-0.25, -0.2) is 0 Å². The van der Waals surface area contributed by atoms with Crippen LogP contribution in [0.3, 0.4) is 0 Å². The van der Waals surface area contributed by atoms with Crippen LogP contribution in [0.1, 0.15) is 18.5 Å². The van der Waals surface area contributed by atoms with Gasteiger partial charge in [-0.3, -0.25) is 9.89 Å². The summed E-state index contributed by atoms with van der Waals surface area (Å²) in [4.78, 5) is 14.4. The molecule has 6 nitrogen and oxygen atoms in total. The fourth-order valence-electron chi connectivity index (χ4n) is 2.59. The number of hydrogen-bond donors (Lipinski definition) is 4. The zero-order valence-electron chi connectivity index (χ0n) is 13.2. The highest BCUT2D eigenvalue weighted by Gasteiger charge is 2.40. The van der Waals surface area contributed by atoms with Crippen molar-refractivity contribution in [3.63, 3.8) is 0 Å². The van der Waals surface area contributed by atoms with Gasteiger partial charge in [-0.2, -0.15) is 18.3 Å². The molecule has 0 fully saturated rings. The summed E-state index contributed by atoms with van der Waals surface area (Å²) in [5, 5.41) is 12.5. The first-order chi connectivity index (χ1) is 11.9.